The van der Waals surface area contributed by atoms with Gasteiger partial charge < -0.3 is 19.1 Å². The molecule has 0 N–H and O–H groups in total. The number of halogens is 1. The van der Waals surface area contributed by atoms with Gasteiger partial charge in [-0.3, -0.25) is 4.79 Å². The van der Waals surface area contributed by atoms with Crippen LogP contribution in [0.25, 0.3) is 22.4 Å². The van der Waals surface area contributed by atoms with Gasteiger partial charge in [-0.05, 0) is 48.7 Å². The summed E-state index contributed by atoms with van der Waals surface area (Å²) in [5, 5.41) is 5.69. The van der Waals surface area contributed by atoms with Crippen LogP contribution in [-0.2, 0) is 6.42 Å². The number of ether oxygens (including phenoxy) is 1. The molecule has 214 valence electrons. The number of carbonyl (C=O) groups excluding carboxylic acids is 1. The van der Waals surface area contributed by atoms with E-state index in [2.05, 4.69) is 23.9 Å². The van der Waals surface area contributed by atoms with E-state index in [0.29, 0.717) is 65.5 Å². The van der Waals surface area contributed by atoms with Gasteiger partial charge in [0.2, 0.25) is 0 Å². The van der Waals surface area contributed by atoms with Crippen molar-refractivity contribution in [2.45, 2.75) is 26.7 Å². The standard InChI is InChI=1S/C33H32ClN5O3/c1-22(2)20-28-35-31(38-16-9-17-39(19-18-38)33(40)26-14-6-7-15-27(26)34)29-30(37-42-32(29)36-28)23-10-8-13-25(21-23)41-24-11-4-3-5-12-24/h3-8,10-15,21-22H,9,16-20H2,1-2H3. The summed E-state index contributed by atoms with van der Waals surface area (Å²) in [6.07, 6.45) is 1.49. The Bertz CT molecular complexity index is 1710. The second kappa shape index (κ2) is 12.2. The summed E-state index contributed by atoms with van der Waals surface area (Å²) in [6.45, 7) is 6.77. The number of hydrogen-bond acceptors (Lipinski definition) is 7. The van der Waals surface area contributed by atoms with Crippen molar-refractivity contribution in [1.82, 2.24) is 20.0 Å². The van der Waals surface area contributed by atoms with Gasteiger partial charge in [0.25, 0.3) is 11.6 Å². The molecular weight excluding hydrogens is 550 g/mol. The average Bonchev–Trinajstić information content (AvgIpc) is 3.26. The molecule has 2 aromatic heterocycles. The number of hydrogen-bond donors (Lipinski definition) is 0. The van der Waals surface area contributed by atoms with E-state index < -0.39 is 0 Å². The molecule has 9 heteroatoms. The summed E-state index contributed by atoms with van der Waals surface area (Å²) in [5.41, 5.74) is 2.47. The van der Waals surface area contributed by atoms with Crippen LogP contribution in [0.4, 0.5) is 5.82 Å². The molecule has 0 unspecified atom stereocenters. The summed E-state index contributed by atoms with van der Waals surface area (Å²) in [6, 6.07) is 24.6. The van der Waals surface area contributed by atoms with Crippen molar-refractivity contribution in [2.75, 3.05) is 31.1 Å². The summed E-state index contributed by atoms with van der Waals surface area (Å²) in [5.74, 6) is 3.24. The zero-order valence-electron chi connectivity index (χ0n) is 23.7. The van der Waals surface area contributed by atoms with Crippen LogP contribution in [0.5, 0.6) is 11.5 Å². The van der Waals surface area contributed by atoms with Crippen LogP contribution in [0.1, 0.15) is 36.5 Å². The second-order valence-corrected chi connectivity index (χ2v) is 11.2. The molecule has 0 saturated carbocycles. The molecule has 3 heterocycles. The zero-order valence-corrected chi connectivity index (χ0v) is 24.4. The highest BCUT2D eigenvalue weighted by Crippen LogP contribution is 2.36. The number of rotatable bonds is 7. The SMILES string of the molecule is CC(C)Cc1nc(N2CCCN(C(=O)c3ccccc3Cl)CC2)c2c(-c3cccc(Oc4ccccc4)c3)noc2n1. The first-order valence-corrected chi connectivity index (χ1v) is 14.6. The second-order valence-electron chi connectivity index (χ2n) is 10.8. The number of para-hydroxylation sites is 1. The average molecular weight is 582 g/mol. The summed E-state index contributed by atoms with van der Waals surface area (Å²) in [7, 11) is 0. The predicted octanol–water partition coefficient (Wildman–Crippen LogP) is 7.28. The fraction of sp³-hybridized carbons (Fsp3) is 0.273. The highest BCUT2D eigenvalue weighted by molar-refractivity contribution is 6.33. The van der Waals surface area contributed by atoms with Gasteiger partial charge in [-0.15, -0.1) is 0 Å². The smallest absolute Gasteiger partial charge is 0.263 e. The molecule has 0 atom stereocenters. The number of carbonyl (C=O) groups is 1. The van der Waals surface area contributed by atoms with Crippen LogP contribution >= 0.6 is 11.6 Å². The van der Waals surface area contributed by atoms with Crippen molar-refractivity contribution in [2.24, 2.45) is 5.92 Å². The van der Waals surface area contributed by atoms with Crippen molar-refractivity contribution in [3.05, 3.63) is 95.3 Å². The number of nitrogens with zero attached hydrogens (tertiary/aromatic N) is 5. The van der Waals surface area contributed by atoms with Crippen LogP contribution in [0.15, 0.2) is 83.4 Å². The molecule has 0 bridgehead atoms. The van der Waals surface area contributed by atoms with Crippen LogP contribution in [0.2, 0.25) is 5.02 Å². The minimum atomic E-state index is -0.0586. The third-order valence-corrected chi connectivity index (χ3v) is 7.56. The number of aromatic nitrogens is 3. The van der Waals surface area contributed by atoms with Crippen LogP contribution < -0.4 is 9.64 Å². The lowest BCUT2D eigenvalue weighted by Crippen LogP contribution is -2.35. The number of anilines is 1. The van der Waals surface area contributed by atoms with Gasteiger partial charge in [-0.25, -0.2) is 4.98 Å². The van der Waals surface area contributed by atoms with Crippen molar-refractivity contribution in [3.8, 4) is 22.8 Å². The number of amides is 1. The van der Waals surface area contributed by atoms with E-state index in [0.717, 1.165) is 35.5 Å². The van der Waals surface area contributed by atoms with Crippen molar-refractivity contribution in [3.63, 3.8) is 0 Å². The first-order valence-electron chi connectivity index (χ1n) is 14.2. The zero-order chi connectivity index (χ0) is 29.1. The Labute approximate surface area is 249 Å². The van der Waals surface area contributed by atoms with Gasteiger partial charge in [-0.2, -0.15) is 4.98 Å². The lowest BCUT2D eigenvalue weighted by molar-refractivity contribution is 0.0767. The highest BCUT2D eigenvalue weighted by Gasteiger charge is 2.27. The monoisotopic (exact) mass is 581 g/mol. The van der Waals surface area contributed by atoms with E-state index in [4.69, 9.17) is 30.8 Å². The molecule has 1 amide bonds. The minimum Gasteiger partial charge on any atom is -0.457 e. The third-order valence-electron chi connectivity index (χ3n) is 7.23. The molecule has 5 aromatic rings. The van der Waals surface area contributed by atoms with Gasteiger partial charge in [0.05, 0.1) is 10.6 Å². The number of benzene rings is 3. The minimum absolute atomic E-state index is 0.0586. The van der Waals surface area contributed by atoms with Crippen molar-refractivity contribution in [1.29, 1.82) is 0 Å². The number of fused-ring (bicyclic) bond motifs is 1. The maximum Gasteiger partial charge on any atom is 0.263 e. The molecular formula is C33H32ClN5O3. The fourth-order valence-electron chi connectivity index (χ4n) is 5.23. The Morgan fingerprint density at radius 2 is 1.71 bits per heavy atom. The van der Waals surface area contributed by atoms with Crippen LogP contribution in [0.3, 0.4) is 0 Å². The Balaban J connectivity index is 1.34. The van der Waals surface area contributed by atoms with Crippen LogP contribution in [0, 0.1) is 5.92 Å². The van der Waals surface area contributed by atoms with Crippen molar-refractivity contribution < 1.29 is 14.1 Å². The molecule has 0 aliphatic carbocycles. The first-order chi connectivity index (χ1) is 20.5. The summed E-state index contributed by atoms with van der Waals surface area (Å²) >= 11 is 6.35. The molecule has 42 heavy (non-hydrogen) atoms. The van der Waals surface area contributed by atoms with E-state index in [1.165, 1.54) is 0 Å². The van der Waals surface area contributed by atoms with E-state index in [9.17, 15) is 4.79 Å². The Kier molecular flexibility index (Phi) is 8.06. The van der Waals surface area contributed by atoms with E-state index in [1.807, 2.05) is 71.6 Å². The van der Waals surface area contributed by atoms with Gasteiger partial charge >= 0.3 is 0 Å². The quantitative estimate of drug-likeness (QED) is 0.200. The third kappa shape index (κ3) is 5.94. The first kappa shape index (κ1) is 27.7. The van der Waals surface area contributed by atoms with Gasteiger partial charge in [0, 0.05) is 38.2 Å². The van der Waals surface area contributed by atoms with Crippen molar-refractivity contribution >= 4 is 34.4 Å². The normalized spacial score (nSPS) is 13.9. The van der Waals surface area contributed by atoms with E-state index in [-0.39, 0.29) is 5.91 Å². The predicted molar refractivity (Wildman–Crippen MR) is 164 cm³/mol. The van der Waals surface area contributed by atoms with E-state index in [1.54, 1.807) is 12.1 Å². The molecule has 1 saturated heterocycles. The Hall–Kier alpha value is -4.43. The van der Waals surface area contributed by atoms with Gasteiger partial charge in [0.1, 0.15) is 34.2 Å². The van der Waals surface area contributed by atoms with Crippen LogP contribution in [-0.4, -0.2) is 52.1 Å². The summed E-state index contributed by atoms with van der Waals surface area (Å²) in [4.78, 5) is 27.2. The maximum atomic E-state index is 13.3. The van der Waals surface area contributed by atoms with Gasteiger partial charge in [0.15, 0.2) is 0 Å². The van der Waals surface area contributed by atoms with Gasteiger partial charge in [-0.1, -0.05) is 73.1 Å². The molecule has 1 aliphatic heterocycles. The lowest BCUT2D eigenvalue weighted by atomic mass is 10.1. The maximum absolute atomic E-state index is 13.3. The lowest BCUT2D eigenvalue weighted by Gasteiger charge is -2.24. The summed E-state index contributed by atoms with van der Waals surface area (Å²) < 4.78 is 11.9. The Morgan fingerprint density at radius 3 is 2.52 bits per heavy atom. The molecule has 6 rings (SSSR count). The molecule has 0 radical (unpaired) electrons. The molecule has 3 aromatic carbocycles. The topological polar surface area (TPSA) is 84.6 Å². The fourth-order valence-corrected chi connectivity index (χ4v) is 5.45. The molecule has 1 aliphatic rings. The largest absolute Gasteiger partial charge is 0.457 e. The molecule has 0 spiro atoms. The Morgan fingerprint density at radius 1 is 0.929 bits per heavy atom. The highest BCUT2D eigenvalue weighted by atomic mass is 35.5. The molecule has 1 fully saturated rings. The molecule has 8 nitrogen and oxygen atoms in total. The van der Waals surface area contributed by atoms with E-state index >= 15 is 0 Å².